The van der Waals surface area contributed by atoms with E-state index in [1.54, 1.807) is 13.0 Å². The Balaban J connectivity index is 2.50. The highest BCUT2D eigenvalue weighted by atomic mass is 16.3. The monoisotopic (exact) mass is 232 g/mol. The molecule has 2 rings (SSSR count). The van der Waals surface area contributed by atoms with Gasteiger partial charge in [-0.25, -0.2) is 0 Å². The van der Waals surface area contributed by atoms with Crippen LogP contribution in [0.25, 0.3) is 0 Å². The number of benzene rings is 1. The van der Waals surface area contributed by atoms with Gasteiger partial charge in [-0.05, 0) is 43.9 Å². The van der Waals surface area contributed by atoms with E-state index >= 15 is 0 Å². The molecular formula is C15H20O2. The second-order valence-electron chi connectivity index (χ2n) is 5.61. The quantitative estimate of drug-likeness (QED) is 0.731. The Kier molecular flexibility index (Phi) is 2.58. The minimum Gasteiger partial charge on any atom is -0.508 e. The summed E-state index contributed by atoms with van der Waals surface area (Å²) in [5, 5.41) is 20.3. The molecule has 0 radical (unpaired) electrons. The molecule has 1 aromatic rings. The van der Waals surface area contributed by atoms with Crippen molar-refractivity contribution in [2.24, 2.45) is 0 Å². The molecule has 0 aromatic heterocycles. The van der Waals surface area contributed by atoms with Gasteiger partial charge in [-0.15, -0.1) is 0 Å². The molecule has 2 nitrogen and oxygen atoms in total. The van der Waals surface area contributed by atoms with E-state index in [1.165, 1.54) is 0 Å². The molecule has 2 atom stereocenters. The van der Waals surface area contributed by atoms with Gasteiger partial charge in [-0.3, -0.25) is 0 Å². The Hall–Kier alpha value is -1.28. The van der Waals surface area contributed by atoms with Crippen LogP contribution in [0.1, 0.15) is 37.8 Å². The summed E-state index contributed by atoms with van der Waals surface area (Å²) in [5.74, 6) is 0.298. The van der Waals surface area contributed by atoms with Crippen molar-refractivity contribution in [1.29, 1.82) is 0 Å². The van der Waals surface area contributed by atoms with Gasteiger partial charge in [0.05, 0.1) is 5.60 Å². The van der Waals surface area contributed by atoms with E-state index < -0.39 is 5.60 Å². The highest BCUT2D eigenvalue weighted by Gasteiger charge is 2.47. The fraction of sp³-hybridized carbons (Fsp3) is 0.467. The summed E-state index contributed by atoms with van der Waals surface area (Å²) >= 11 is 0. The molecule has 0 bridgehead atoms. The van der Waals surface area contributed by atoms with Crippen LogP contribution in [0.3, 0.4) is 0 Å². The summed E-state index contributed by atoms with van der Waals surface area (Å²) in [6, 6.07) is 5.69. The minimum absolute atomic E-state index is 0.298. The topological polar surface area (TPSA) is 40.5 Å². The minimum atomic E-state index is -0.827. The third-order valence-electron chi connectivity index (χ3n) is 4.18. The highest BCUT2D eigenvalue weighted by Crippen LogP contribution is 2.51. The molecule has 1 aliphatic carbocycles. The molecule has 1 saturated carbocycles. The molecule has 1 fully saturated rings. The molecular weight excluding hydrogens is 212 g/mol. The van der Waals surface area contributed by atoms with Crippen LogP contribution in [0.15, 0.2) is 30.4 Å². The molecule has 1 aliphatic rings. The Morgan fingerprint density at radius 2 is 1.88 bits per heavy atom. The molecule has 1 unspecified atom stereocenters. The molecule has 0 heterocycles. The molecule has 0 spiro atoms. The van der Waals surface area contributed by atoms with Crippen LogP contribution in [-0.4, -0.2) is 15.8 Å². The number of rotatable bonds is 1. The predicted octanol–water partition coefficient (Wildman–Crippen LogP) is 3.06. The van der Waals surface area contributed by atoms with Crippen molar-refractivity contribution in [1.82, 2.24) is 0 Å². The van der Waals surface area contributed by atoms with Crippen LogP contribution in [0.4, 0.5) is 0 Å². The third-order valence-corrected chi connectivity index (χ3v) is 4.18. The van der Waals surface area contributed by atoms with Gasteiger partial charge in [0.2, 0.25) is 0 Å². The molecule has 0 saturated heterocycles. The first-order chi connectivity index (χ1) is 7.77. The lowest BCUT2D eigenvalue weighted by Gasteiger charge is -2.30. The van der Waals surface area contributed by atoms with E-state index in [4.69, 9.17) is 0 Å². The lowest BCUT2D eigenvalue weighted by atomic mass is 9.76. The van der Waals surface area contributed by atoms with Gasteiger partial charge >= 0.3 is 0 Å². The standard InChI is InChI=1S/C15H20O2/c1-10-5-6-12(13(16)9-10)14(3)7-8-15(4,17)11(14)2/h5-6,9,16-17H,2,7-8H2,1,3-4H3/t14-,15?/m1/s1. The van der Waals surface area contributed by atoms with Crippen molar-refractivity contribution in [3.63, 3.8) is 0 Å². The second kappa shape index (κ2) is 3.61. The zero-order valence-corrected chi connectivity index (χ0v) is 10.7. The lowest BCUT2D eigenvalue weighted by Crippen LogP contribution is -2.28. The van der Waals surface area contributed by atoms with Gasteiger partial charge in [-0.2, -0.15) is 0 Å². The summed E-state index contributed by atoms with van der Waals surface area (Å²) in [6.07, 6.45) is 1.51. The van der Waals surface area contributed by atoms with E-state index in [0.29, 0.717) is 12.2 Å². The summed E-state index contributed by atoms with van der Waals surface area (Å²) in [6.45, 7) is 9.83. The molecule has 0 amide bonds. The zero-order chi connectivity index (χ0) is 12.8. The maximum absolute atomic E-state index is 10.2. The van der Waals surface area contributed by atoms with Gasteiger partial charge in [-0.1, -0.05) is 25.6 Å². The normalized spacial score (nSPS) is 33.1. The van der Waals surface area contributed by atoms with Crippen LogP contribution < -0.4 is 0 Å². The first kappa shape index (κ1) is 12.2. The van der Waals surface area contributed by atoms with Gasteiger partial charge in [0, 0.05) is 11.0 Å². The number of phenols is 1. The molecule has 1 aromatic carbocycles. The number of aromatic hydroxyl groups is 1. The van der Waals surface area contributed by atoms with Crippen LogP contribution in [0, 0.1) is 6.92 Å². The predicted molar refractivity (Wildman–Crippen MR) is 69.2 cm³/mol. The second-order valence-corrected chi connectivity index (χ2v) is 5.61. The summed E-state index contributed by atoms with van der Waals surface area (Å²) in [4.78, 5) is 0. The summed E-state index contributed by atoms with van der Waals surface area (Å²) < 4.78 is 0. The summed E-state index contributed by atoms with van der Waals surface area (Å²) in [5.41, 5.74) is 1.54. The van der Waals surface area contributed by atoms with Gasteiger partial charge in [0.25, 0.3) is 0 Å². The molecule has 17 heavy (non-hydrogen) atoms. The number of hydrogen-bond donors (Lipinski definition) is 2. The van der Waals surface area contributed by atoms with Crippen molar-refractivity contribution in [2.45, 2.75) is 44.6 Å². The van der Waals surface area contributed by atoms with E-state index in [0.717, 1.165) is 23.1 Å². The van der Waals surface area contributed by atoms with E-state index in [9.17, 15) is 10.2 Å². The van der Waals surface area contributed by atoms with Crippen molar-refractivity contribution in [3.8, 4) is 5.75 Å². The van der Waals surface area contributed by atoms with Crippen molar-refractivity contribution in [3.05, 3.63) is 41.5 Å². The smallest absolute Gasteiger partial charge is 0.119 e. The SMILES string of the molecule is C=C1C(C)(O)CC[C@@]1(C)c1ccc(C)cc1O. The zero-order valence-electron chi connectivity index (χ0n) is 10.7. The van der Waals surface area contributed by atoms with Crippen LogP contribution >= 0.6 is 0 Å². The maximum atomic E-state index is 10.2. The van der Waals surface area contributed by atoms with Gasteiger partial charge in [0.1, 0.15) is 5.75 Å². The fourth-order valence-corrected chi connectivity index (χ4v) is 2.80. The number of aliphatic hydroxyl groups is 1. The first-order valence-corrected chi connectivity index (χ1v) is 6.00. The molecule has 0 aliphatic heterocycles. The summed E-state index contributed by atoms with van der Waals surface area (Å²) in [7, 11) is 0. The van der Waals surface area contributed by atoms with E-state index in [2.05, 4.69) is 6.58 Å². The van der Waals surface area contributed by atoms with E-state index in [-0.39, 0.29) is 5.41 Å². The molecule has 2 N–H and O–H groups in total. The molecule has 92 valence electrons. The van der Waals surface area contributed by atoms with Crippen LogP contribution in [-0.2, 0) is 5.41 Å². The third kappa shape index (κ3) is 1.77. The number of phenolic OH excluding ortho intramolecular Hbond substituents is 1. The van der Waals surface area contributed by atoms with Crippen molar-refractivity contribution >= 4 is 0 Å². The fourth-order valence-electron chi connectivity index (χ4n) is 2.80. The Bertz CT molecular complexity index is 474. The lowest BCUT2D eigenvalue weighted by molar-refractivity contribution is 0.105. The number of hydrogen-bond acceptors (Lipinski definition) is 2. The Labute approximate surface area is 103 Å². The Morgan fingerprint density at radius 1 is 1.24 bits per heavy atom. The van der Waals surface area contributed by atoms with Crippen molar-refractivity contribution < 1.29 is 10.2 Å². The van der Waals surface area contributed by atoms with Gasteiger partial charge < -0.3 is 10.2 Å². The largest absolute Gasteiger partial charge is 0.508 e. The van der Waals surface area contributed by atoms with Crippen LogP contribution in [0.5, 0.6) is 5.75 Å². The first-order valence-electron chi connectivity index (χ1n) is 6.00. The van der Waals surface area contributed by atoms with Crippen molar-refractivity contribution in [2.75, 3.05) is 0 Å². The highest BCUT2D eigenvalue weighted by molar-refractivity contribution is 5.49. The average Bonchev–Trinajstić information content (AvgIpc) is 2.43. The average molecular weight is 232 g/mol. The maximum Gasteiger partial charge on any atom is 0.119 e. The van der Waals surface area contributed by atoms with Crippen LogP contribution in [0.2, 0.25) is 0 Å². The molecule has 2 heteroatoms. The van der Waals surface area contributed by atoms with E-state index in [1.807, 2.05) is 26.0 Å². The Morgan fingerprint density at radius 3 is 2.35 bits per heavy atom. The van der Waals surface area contributed by atoms with Gasteiger partial charge in [0.15, 0.2) is 0 Å². The number of aryl methyl sites for hydroxylation is 1.